The summed E-state index contributed by atoms with van der Waals surface area (Å²) in [6, 6.07) is 2.25. The van der Waals surface area contributed by atoms with E-state index in [4.69, 9.17) is 39.9 Å². The van der Waals surface area contributed by atoms with Crippen molar-refractivity contribution < 1.29 is 14.3 Å². The molecule has 0 atom stereocenters. The highest BCUT2D eigenvalue weighted by atomic mass is 35.6. The summed E-state index contributed by atoms with van der Waals surface area (Å²) in [6.07, 6.45) is -0.278. The zero-order valence-corrected chi connectivity index (χ0v) is 9.97. The molecule has 0 aliphatic rings. The quantitative estimate of drug-likeness (QED) is 0.672. The molecular weight excluding hydrogens is 281 g/mol. The van der Waals surface area contributed by atoms with E-state index in [1.54, 1.807) is 0 Å². The second-order valence-corrected chi connectivity index (χ2v) is 5.34. The number of nitrogens with zero attached hydrogens (tertiary/aromatic N) is 2. The van der Waals surface area contributed by atoms with Crippen LogP contribution in [0.25, 0.3) is 0 Å². The molecule has 1 rings (SSSR count). The number of hydrogen-bond acceptors (Lipinski definition) is 2. The summed E-state index contributed by atoms with van der Waals surface area (Å²) in [5, 5.41) is 8.89. The third-order valence-corrected chi connectivity index (χ3v) is 1.95. The number of anilines is 1. The highest BCUT2D eigenvalue weighted by Gasteiger charge is 2.28. The zero-order valence-electron chi connectivity index (χ0n) is 7.70. The van der Waals surface area contributed by atoms with E-state index >= 15 is 0 Å². The molecule has 0 unspecified atom stereocenters. The minimum atomic E-state index is -1.76. The van der Waals surface area contributed by atoms with Crippen LogP contribution < -0.4 is 4.90 Å². The molecule has 0 fully saturated rings. The van der Waals surface area contributed by atoms with Gasteiger partial charge < -0.3 is 5.11 Å². The Morgan fingerprint density at radius 2 is 2.12 bits per heavy atom. The van der Waals surface area contributed by atoms with E-state index in [1.807, 2.05) is 0 Å². The van der Waals surface area contributed by atoms with E-state index in [1.165, 1.54) is 6.07 Å². The Labute approximate surface area is 106 Å². The van der Waals surface area contributed by atoms with Crippen molar-refractivity contribution in [3.63, 3.8) is 0 Å². The van der Waals surface area contributed by atoms with Gasteiger partial charge in [0.2, 0.25) is 9.74 Å². The Kier molecular flexibility index (Phi) is 4.18. The van der Waals surface area contributed by atoms with Gasteiger partial charge in [-0.25, -0.2) is 9.78 Å². The van der Waals surface area contributed by atoms with Gasteiger partial charge in [-0.2, -0.15) is 4.39 Å². The molecule has 1 aromatic heterocycles. The van der Waals surface area contributed by atoms with Crippen molar-refractivity contribution in [1.82, 2.24) is 4.98 Å². The van der Waals surface area contributed by atoms with Crippen molar-refractivity contribution in [1.29, 1.82) is 0 Å². The molecule has 4 nitrogen and oxygen atoms in total. The molecule has 0 bridgehead atoms. The lowest BCUT2D eigenvalue weighted by atomic mass is 10.4. The number of carbonyl (C=O) groups is 1. The Morgan fingerprint density at radius 3 is 2.50 bits per heavy atom. The minimum Gasteiger partial charge on any atom is -0.465 e. The van der Waals surface area contributed by atoms with Gasteiger partial charge in [0.15, 0.2) is 0 Å². The number of alkyl halides is 3. The average molecular weight is 288 g/mol. The van der Waals surface area contributed by atoms with Crippen molar-refractivity contribution in [2.45, 2.75) is 3.79 Å². The Bertz CT molecular complexity index is 380. The number of amides is 1. The van der Waals surface area contributed by atoms with Crippen LogP contribution in [-0.2, 0) is 0 Å². The maximum absolute atomic E-state index is 12.5. The Balaban J connectivity index is 2.94. The third kappa shape index (κ3) is 4.00. The summed E-state index contributed by atoms with van der Waals surface area (Å²) < 4.78 is 10.8. The second-order valence-electron chi connectivity index (χ2n) is 2.82. The predicted octanol–water partition coefficient (Wildman–Crippen LogP) is 3.08. The van der Waals surface area contributed by atoms with Crippen LogP contribution in [0.4, 0.5) is 14.9 Å². The van der Waals surface area contributed by atoms with Crippen molar-refractivity contribution in [3.05, 3.63) is 24.3 Å². The molecule has 8 heteroatoms. The first-order valence-electron chi connectivity index (χ1n) is 3.98. The van der Waals surface area contributed by atoms with E-state index in [9.17, 15) is 9.18 Å². The van der Waals surface area contributed by atoms with Crippen LogP contribution in [-0.4, -0.2) is 26.5 Å². The van der Waals surface area contributed by atoms with E-state index in [0.29, 0.717) is 0 Å². The maximum Gasteiger partial charge on any atom is 0.412 e. The van der Waals surface area contributed by atoms with Gasteiger partial charge in [-0.15, -0.1) is 0 Å². The molecule has 1 N–H and O–H groups in total. The molecule has 0 aliphatic carbocycles. The molecule has 0 aromatic carbocycles. The van der Waals surface area contributed by atoms with Crippen LogP contribution in [0.3, 0.4) is 0 Å². The fourth-order valence-electron chi connectivity index (χ4n) is 0.976. The van der Waals surface area contributed by atoms with Crippen LogP contribution in [0, 0.1) is 5.95 Å². The van der Waals surface area contributed by atoms with Crippen LogP contribution in [0.5, 0.6) is 0 Å². The van der Waals surface area contributed by atoms with Crippen molar-refractivity contribution in [2.75, 3.05) is 11.4 Å². The molecule has 1 heterocycles. The first-order chi connectivity index (χ1) is 7.29. The summed E-state index contributed by atoms with van der Waals surface area (Å²) in [7, 11) is 0. The number of carboxylic acid groups (broad SMARTS) is 1. The number of hydrogen-bond donors (Lipinski definition) is 1. The molecule has 0 saturated carbocycles. The summed E-state index contributed by atoms with van der Waals surface area (Å²) in [4.78, 5) is 15.0. The Hall–Kier alpha value is -0.780. The van der Waals surface area contributed by atoms with E-state index < -0.39 is 15.8 Å². The predicted molar refractivity (Wildman–Crippen MR) is 59.9 cm³/mol. The molecule has 0 radical (unpaired) electrons. The molecule has 16 heavy (non-hydrogen) atoms. The first-order valence-corrected chi connectivity index (χ1v) is 5.12. The van der Waals surface area contributed by atoms with E-state index in [2.05, 4.69) is 4.98 Å². The van der Waals surface area contributed by atoms with Crippen molar-refractivity contribution in [2.24, 2.45) is 0 Å². The first kappa shape index (κ1) is 13.3. The average Bonchev–Trinajstić information content (AvgIpc) is 2.14. The smallest absolute Gasteiger partial charge is 0.412 e. The molecule has 0 saturated heterocycles. The maximum atomic E-state index is 12.5. The van der Waals surface area contributed by atoms with Gasteiger partial charge in [-0.1, -0.05) is 34.8 Å². The Morgan fingerprint density at radius 1 is 1.50 bits per heavy atom. The minimum absolute atomic E-state index is 0.125. The lowest BCUT2D eigenvalue weighted by molar-refractivity contribution is 0.202. The van der Waals surface area contributed by atoms with Gasteiger partial charge in [0, 0.05) is 0 Å². The van der Waals surface area contributed by atoms with Gasteiger partial charge in [0.05, 0.1) is 18.4 Å². The molecule has 88 valence electrons. The monoisotopic (exact) mass is 286 g/mol. The van der Waals surface area contributed by atoms with Crippen molar-refractivity contribution >= 4 is 46.6 Å². The normalized spacial score (nSPS) is 11.2. The SMILES string of the molecule is O=C(O)N(CC(Cl)(Cl)Cl)c1ccc(F)nc1. The topological polar surface area (TPSA) is 53.4 Å². The fraction of sp³-hybridized carbons (Fsp3) is 0.250. The van der Waals surface area contributed by atoms with Gasteiger partial charge in [0.1, 0.15) is 0 Å². The number of aromatic nitrogens is 1. The summed E-state index contributed by atoms with van der Waals surface area (Å²) in [5.74, 6) is -0.719. The molecule has 1 aromatic rings. The molecule has 1 amide bonds. The van der Waals surface area contributed by atoms with E-state index in [-0.39, 0.29) is 12.2 Å². The highest BCUT2D eigenvalue weighted by molar-refractivity contribution is 6.68. The number of rotatable bonds is 2. The molecule has 0 spiro atoms. The summed E-state index contributed by atoms with van der Waals surface area (Å²) in [5.41, 5.74) is 0.125. The third-order valence-electron chi connectivity index (χ3n) is 1.59. The second kappa shape index (κ2) is 5.03. The number of halogens is 4. The van der Waals surface area contributed by atoms with Gasteiger partial charge in [-0.05, 0) is 12.1 Å². The van der Waals surface area contributed by atoms with Gasteiger partial charge >= 0.3 is 6.09 Å². The zero-order chi connectivity index (χ0) is 12.3. The van der Waals surface area contributed by atoms with Gasteiger partial charge in [-0.3, -0.25) is 4.90 Å². The van der Waals surface area contributed by atoms with Gasteiger partial charge in [0.25, 0.3) is 0 Å². The van der Waals surface area contributed by atoms with E-state index in [0.717, 1.165) is 17.2 Å². The summed E-state index contributed by atoms with van der Waals surface area (Å²) in [6.45, 7) is -0.375. The van der Waals surface area contributed by atoms with Crippen LogP contribution in [0.1, 0.15) is 0 Å². The van der Waals surface area contributed by atoms with Crippen molar-refractivity contribution in [3.8, 4) is 0 Å². The lowest BCUT2D eigenvalue weighted by Gasteiger charge is -2.22. The van der Waals surface area contributed by atoms with Crippen LogP contribution >= 0.6 is 34.8 Å². The number of pyridine rings is 1. The van der Waals surface area contributed by atoms with Crippen LogP contribution in [0.2, 0.25) is 0 Å². The largest absolute Gasteiger partial charge is 0.465 e. The molecule has 0 aliphatic heterocycles. The van der Waals surface area contributed by atoms with Crippen LogP contribution in [0.15, 0.2) is 18.3 Å². The lowest BCUT2D eigenvalue weighted by Crippen LogP contribution is -2.36. The standard InChI is InChI=1S/C8H6Cl3FN2O2/c9-8(10,11)4-14(7(15)16)5-1-2-6(12)13-3-5/h1-3H,4H2,(H,15,16). The highest BCUT2D eigenvalue weighted by Crippen LogP contribution is 2.29. The molecular formula is C8H6Cl3FN2O2. The summed E-state index contributed by atoms with van der Waals surface area (Å²) >= 11 is 16.5. The fourth-order valence-corrected chi connectivity index (χ4v) is 1.33.